The predicted molar refractivity (Wildman–Crippen MR) is 75.9 cm³/mol. The zero-order chi connectivity index (χ0) is 14.5. The Kier molecular flexibility index (Phi) is 4.63. The first-order valence-electron chi connectivity index (χ1n) is 6.62. The van der Waals surface area contributed by atoms with E-state index in [2.05, 4.69) is 0 Å². The van der Waals surface area contributed by atoms with Gasteiger partial charge in [0.2, 0.25) is 0 Å². The van der Waals surface area contributed by atoms with Gasteiger partial charge in [0.25, 0.3) is 0 Å². The van der Waals surface area contributed by atoms with Gasteiger partial charge in [-0.05, 0) is 37.1 Å². The minimum Gasteiger partial charge on any atom is -0.504 e. The van der Waals surface area contributed by atoms with Crippen LogP contribution in [0.2, 0.25) is 0 Å². The van der Waals surface area contributed by atoms with Crippen molar-refractivity contribution in [3.05, 3.63) is 29.8 Å². The molecule has 5 heteroatoms. The number of aromatic hydroxyl groups is 1. The van der Waals surface area contributed by atoms with Crippen LogP contribution in [0.1, 0.15) is 18.4 Å². The van der Waals surface area contributed by atoms with E-state index in [-0.39, 0.29) is 11.8 Å². The molecule has 1 saturated heterocycles. The number of carboxylic acids is 1. The van der Waals surface area contributed by atoms with E-state index >= 15 is 0 Å². The number of methoxy groups -OCH3 is 1. The Morgan fingerprint density at radius 3 is 3.05 bits per heavy atom. The molecule has 20 heavy (non-hydrogen) atoms. The fourth-order valence-electron chi connectivity index (χ4n) is 2.45. The van der Waals surface area contributed by atoms with Crippen LogP contribution in [0.5, 0.6) is 11.5 Å². The topological polar surface area (TPSA) is 70.0 Å². The molecule has 0 unspecified atom stereocenters. The summed E-state index contributed by atoms with van der Waals surface area (Å²) in [5.74, 6) is -0.214. The Hall–Kier alpha value is -2.01. The van der Waals surface area contributed by atoms with E-state index in [1.165, 1.54) is 7.11 Å². The molecule has 0 bridgehead atoms. The molecule has 1 aliphatic heterocycles. The van der Waals surface area contributed by atoms with E-state index in [1.54, 1.807) is 18.2 Å². The smallest absolute Gasteiger partial charge is 0.320 e. The van der Waals surface area contributed by atoms with Crippen molar-refractivity contribution in [2.45, 2.75) is 18.9 Å². The second-order valence-corrected chi connectivity index (χ2v) is 4.82. The first-order chi connectivity index (χ1) is 9.61. The van der Waals surface area contributed by atoms with Crippen LogP contribution in [0, 0.1) is 0 Å². The van der Waals surface area contributed by atoms with Gasteiger partial charge in [-0.2, -0.15) is 0 Å². The maximum Gasteiger partial charge on any atom is 0.320 e. The molecule has 1 aromatic carbocycles. The molecule has 0 amide bonds. The molecular formula is C15H19NO4. The fraction of sp³-hybridized carbons (Fsp3) is 0.400. The van der Waals surface area contributed by atoms with Crippen LogP contribution >= 0.6 is 0 Å². The van der Waals surface area contributed by atoms with Gasteiger partial charge in [-0.1, -0.05) is 18.2 Å². The zero-order valence-electron chi connectivity index (χ0n) is 11.5. The van der Waals surface area contributed by atoms with E-state index < -0.39 is 5.97 Å². The first kappa shape index (κ1) is 14.4. The highest BCUT2D eigenvalue weighted by atomic mass is 16.5. The Labute approximate surface area is 118 Å². The number of carboxylic acid groups (broad SMARTS) is 1. The molecule has 1 atom stereocenters. The molecule has 5 nitrogen and oxygen atoms in total. The summed E-state index contributed by atoms with van der Waals surface area (Å²) in [5, 5.41) is 18.6. The molecule has 1 aromatic rings. The molecule has 0 saturated carbocycles. The summed E-state index contributed by atoms with van der Waals surface area (Å²) in [6, 6.07) is 4.74. The zero-order valence-corrected chi connectivity index (χ0v) is 11.5. The highest BCUT2D eigenvalue weighted by molar-refractivity contribution is 5.73. The molecular weight excluding hydrogens is 258 g/mol. The van der Waals surface area contributed by atoms with Crippen molar-refractivity contribution in [2.75, 3.05) is 20.2 Å². The summed E-state index contributed by atoms with van der Waals surface area (Å²) in [5.41, 5.74) is 0.908. The number of likely N-dealkylation sites (tertiary alicyclic amines) is 1. The molecule has 2 N–H and O–H groups in total. The minimum absolute atomic E-state index is 0.107. The van der Waals surface area contributed by atoms with E-state index in [9.17, 15) is 9.90 Å². The maximum absolute atomic E-state index is 11.1. The molecule has 108 valence electrons. The maximum atomic E-state index is 11.1. The molecule has 0 aromatic heterocycles. The first-order valence-corrected chi connectivity index (χ1v) is 6.62. The fourth-order valence-corrected chi connectivity index (χ4v) is 2.45. The summed E-state index contributed by atoms with van der Waals surface area (Å²) in [6.45, 7) is 1.43. The lowest BCUT2D eigenvalue weighted by Crippen LogP contribution is -2.35. The number of phenols is 1. The van der Waals surface area contributed by atoms with E-state index in [1.807, 2.05) is 17.1 Å². The number of ether oxygens (including phenoxy) is 1. The monoisotopic (exact) mass is 277 g/mol. The van der Waals surface area contributed by atoms with Gasteiger partial charge in [0, 0.05) is 6.54 Å². The number of phenolic OH excluding ortho intramolecular Hbond substituents is 1. The van der Waals surface area contributed by atoms with Crippen molar-refractivity contribution >= 4 is 12.0 Å². The summed E-state index contributed by atoms with van der Waals surface area (Å²) in [6.07, 6.45) is 5.49. The lowest BCUT2D eigenvalue weighted by molar-refractivity contribution is -0.141. The molecule has 0 spiro atoms. The van der Waals surface area contributed by atoms with Gasteiger partial charge >= 0.3 is 5.97 Å². The van der Waals surface area contributed by atoms with Crippen LogP contribution in [0.15, 0.2) is 24.3 Å². The van der Waals surface area contributed by atoms with Gasteiger partial charge < -0.3 is 14.9 Å². The number of nitrogens with zero attached hydrogens (tertiary/aromatic N) is 1. The third-order valence-electron chi connectivity index (χ3n) is 3.50. The average molecular weight is 277 g/mol. The predicted octanol–water partition coefficient (Wildman–Crippen LogP) is 1.96. The van der Waals surface area contributed by atoms with E-state index in [0.29, 0.717) is 12.3 Å². The minimum atomic E-state index is -0.748. The van der Waals surface area contributed by atoms with Crippen molar-refractivity contribution in [3.63, 3.8) is 0 Å². The van der Waals surface area contributed by atoms with Crippen molar-refractivity contribution in [3.8, 4) is 11.5 Å². The number of aliphatic carboxylic acids is 1. The molecule has 1 aliphatic rings. The second kappa shape index (κ2) is 6.43. The third-order valence-corrected chi connectivity index (χ3v) is 3.50. The lowest BCUT2D eigenvalue weighted by Gasteiger charge is -2.18. The Balaban J connectivity index is 1.98. The number of hydrogen-bond donors (Lipinski definition) is 2. The number of hydrogen-bond acceptors (Lipinski definition) is 4. The van der Waals surface area contributed by atoms with E-state index in [0.717, 1.165) is 24.9 Å². The second-order valence-electron chi connectivity index (χ2n) is 4.82. The molecule has 1 heterocycles. The Bertz CT molecular complexity index is 513. The molecule has 0 radical (unpaired) electrons. The van der Waals surface area contributed by atoms with Crippen LogP contribution in [-0.2, 0) is 4.79 Å². The largest absolute Gasteiger partial charge is 0.504 e. The van der Waals surface area contributed by atoms with E-state index in [4.69, 9.17) is 9.84 Å². The van der Waals surface area contributed by atoms with Gasteiger partial charge in [0.05, 0.1) is 7.11 Å². The highest BCUT2D eigenvalue weighted by Crippen LogP contribution is 2.26. The van der Waals surface area contributed by atoms with Gasteiger partial charge in [0.1, 0.15) is 6.04 Å². The third kappa shape index (κ3) is 3.30. The molecule has 1 fully saturated rings. The summed E-state index contributed by atoms with van der Waals surface area (Å²) in [4.78, 5) is 13.0. The quantitative estimate of drug-likeness (QED) is 0.861. The summed E-state index contributed by atoms with van der Waals surface area (Å²) >= 11 is 0. The van der Waals surface area contributed by atoms with Gasteiger partial charge in [-0.3, -0.25) is 9.69 Å². The standard InChI is InChI=1S/C15H19NO4/c1-20-14-10-11(6-7-13(14)17)4-2-8-16-9-3-5-12(16)15(18)19/h2,4,6-7,10,12,17H,3,5,8-9H2,1H3,(H,18,19)/t12-/m0/s1. The Morgan fingerprint density at radius 1 is 1.55 bits per heavy atom. The van der Waals surface area contributed by atoms with Crippen LogP contribution in [-0.4, -0.2) is 47.3 Å². The van der Waals surface area contributed by atoms with Crippen molar-refractivity contribution < 1.29 is 19.7 Å². The number of rotatable bonds is 5. The molecule has 0 aliphatic carbocycles. The SMILES string of the molecule is COc1cc(C=CCN2CCC[C@H]2C(=O)O)ccc1O. The summed E-state index contributed by atoms with van der Waals surface area (Å²) in [7, 11) is 1.50. The van der Waals surface area contributed by atoms with Crippen LogP contribution in [0.4, 0.5) is 0 Å². The Morgan fingerprint density at radius 2 is 2.35 bits per heavy atom. The lowest BCUT2D eigenvalue weighted by atomic mass is 10.2. The van der Waals surface area contributed by atoms with Gasteiger partial charge in [0.15, 0.2) is 11.5 Å². The van der Waals surface area contributed by atoms with Gasteiger partial charge in [-0.15, -0.1) is 0 Å². The van der Waals surface area contributed by atoms with Crippen molar-refractivity contribution in [2.24, 2.45) is 0 Å². The van der Waals surface area contributed by atoms with Gasteiger partial charge in [-0.25, -0.2) is 0 Å². The van der Waals surface area contributed by atoms with Crippen LogP contribution in [0.25, 0.3) is 6.08 Å². The summed E-state index contributed by atoms with van der Waals surface area (Å²) < 4.78 is 5.04. The molecule has 2 rings (SSSR count). The van der Waals surface area contributed by atoms with Crippen molar-refractivity contribution in [1.29, 1.82) is 0 Å². The normalized spacial score (nSPS) is 19.6. The van der Waals surface area contributed by atoms with Crippen LogP contribution < -0.4 is 4.74 Å². The highest BCUT2D eigenvalue weighted by Gasteiger charge is 2.29. The van der Waals surface area contributed by atoms with Crippen molar-refractivity contribution in [1.82, 2.24) is 4.90 Å². The number of carbonyl (C=O) groups is 1. The number of benzene rings is 1. The average Bonchev–Trinajstić information content (AvgIpc) is 2.89. The van der Waals surface area contributed by atoms with Crippen LogP contribution in [0.3, 0.4) is 0 Å².